The lowest BCUT2D eigenvalue weighted by molar-refractivity contribution is -0.121. The second-order valence-corrected chi connectivity index (χ2v) is 6.01. The quantitative estimate of drug-likeness (QED) is 0.617. The van der Waals surface area contributed by atoms with E-state index in [1.807, 2.05) is 0 Å². The number of methoxy groups -OCH3 is 1. The third-order valence-electron chi connectivity index (χ3n) is 3.96. The van der Waals surface area contributed by atoms with Crippen LogP contribution in [0.2, 0.25) is 5.02 Å². The molecule has 1 saturated heterocycles. The molecule has 3 rings (SSSR count). The Morgan fingerprint density at radius 1 is 1.15 bits per heavy atom. The highest BCUT2D eigenvalue weighted by atomic mass is 35.5. The molecule has 0 spiro atoms. The van der Waals surface area contributed by atoms with Crippen molar-refractivity contribution in [3.05, 3.63) is 59.1 Å². The molecule has 1 aliphatic rings. The first-order chi connectivity index (χ1) is 12.5. The van der Waals surface area contributed by atoms with Crippen LogP contribution in [0.1, 0.15) is 16.8 Å². The van der Waals surface area contributed by atoms with Crippen LogP contribution in [0.25, 0.3) is 0 Å². The number of imide groups is 1. The lowest BCUT2D eigenvalue weighted by Gasteiger charge is -2.16. The third kappa shape index (κ3) is 3.54. The summed E-state index contributed by atoms with van der Waals surface area (Å²) in [6.07, 6.45) is -0.0618. The zero-order valence-electron chi connectivity index (χ0n) is 13.9. The Morgan fingerprint density at radius 2 is 1.85 bits per heavy atom. The van der Waals surface area contributed by atoms with Gasteiger partial charge < -0.3 is 4.74 Å². The topological polar surface area (TPSA) is 87.7 Å². The summed E-state index contributed by atoms with van der Waals surface area (Å²) in [6, 6.07) is 12.3. The van der Waals surface area contributed by atoms with Gasteiger partial charge in [0.1, 0.15) is 11.8 Å². The molecule has 1 aliphatic heterocycles. The van der Waals surface area contributed by atoms with Gasteiger partial charge in [0.15, 0.2) is 0 Å². The third-order valence-corrected chi connectivity index (χ3v) is 4.29. The van der Waals surface area contributed by atoms with Crippen LogP contribution in [-0.4, -0.2) is 30.9 Å². The normalized spacial score (nSPS) is 16.7. The molecule has 0 radical (unpaired) electrons. The summed E-state index contributed by atoms with van der Waals surface area (Å²) < 4.78 is 5.06. The number of rotatable bonds is 5. The number of amides is 3. The van der Waals surface area contributed by atoms with Gasteiger partial charge in [-0.2, -0.15) is 0 Å². The standard InChI is InChI=1S/C18H16ClN3O4/c1-26-12-8-6-11(7-9-12)22-16(23)10-15(18(22)25)20-21-17(24)13-4-2-3-5-14(13)19/h2-9,15,20H,10H2,1H3,(H,21,24)/t15-/m1/s1. The first-order valence-corrected chi connectivity index (χ1v) is 8.20. The van der Waals surface area contributed by atoms with Crippen LogP contribution in [0.4, 0.5) is 5.69 Å². The van der Waals surface area contributed by atoms with Gasteiger partial charge in [-0.3, -0.25) is 19.8 Å². The monoisotopic (exact) mass is 373 g/mol. The molecule has 134 valence electrons. The van der Waals surface area contributed by atoms with Gasteiger partial charge in [0.25, 0.3) is 11.8 Å². The van der Waals surface area contributed by atoms with Crippen LogP contribution in [0.15, 0.2) is 48.5 Å². The van der Waals surface area contributed by atoms with Crippen LogP contribution in [0.5, 0.6) is 5.75 Å². The summed E-state index contributed by atoms with van der Waals surface area (Å²) in [5.41, 5.74) is 5.76. The Morgan fingerprint density at radius 3 is 2.50 bits per heavy atom. The van der Waals surface area contributed by atoms with E-state index in [1.54, 1.807) is 48.5 Å². The molecule has 0 aliphatic carbocycles. The number of hydrogen-bond donors (Lipinski definition) is 2. The number of ether oxygens (including phenoxy) is 1. The van der Waals surface area contributed by atoms with Gasteiger partial charge in [-0.1, -0.05) is 23.7 Å². The average molecular weight is 374 g/mol. The highest BCUT2D eigenvalue weighted by Gasteiger charge is 2.39. The van der Waals surface area contributed by atoms with E-state index < -0.39 is 17.9 Å². The number of nitrogens with one attached hydrogen (secondary N) is 2. The van der Waals surface area contributed by atoms with Crippen molar-refractivity contribution in [2.24, 2.45) is 0 Å². The van der Waals surface area contributed by atoms with Crippen molar-refractivity contribution in [1.82, 2.24) is 10.9 Å². The molecule has 0 unspecified atom stereocenters. The van der Waals surface area contributed by atoms with Crippen molar-refractivity contribution in [1.29, 1.82) is 0 Å². The fourth-order valence-corrected chi connectivity index (χ4v) is 2.83. The molecule has 1 fully saturated rings. The first-order valence-electron chi connectivity index (χ1n) is 7.82. The Kier molecular flexibility index (Phi) is 5.20. The molecule has 3 amide bonds. The van der Waals surface area contributed by atoms with Gasteiger partial charge in [-0.15, -0.1) is 0 Å². The van der Waals surface area contributed by atoms with Crippen LogP contribution in [0, 0.1) is 0 Å². The number of carbonyl (C=O) groups excluding carboxylic acids is 3. The van der Waals surface area contributed by atoms with Crippen LogP contribution < -0.4 is 20.5 Å². The highest BCUT2D eigenvalue weighted by Crippen LogP contribution is 2.25. The second-order valence-electron chi connectivity index (χ2n) is 5.60. The molecule has 2 aromatic carbocycles. The van der Waals surface area contributed by atoms with Crippen molar-refractivity contribution in [2.45, 2.75) is 12.5 Å². The minimum absolute atomic E-state index is 0.0618. The van der Waals surface area contributed by atoms with E-state index in [-0.39, 0.29) is 17.9 Å². The largest absolute Gasteiger partial charge is 0.497 e. The van der Waals surface area contributed by atoms with Gasteiger partial charge in [0, 0.05) is 0 Å². The van der Waals surface area contributed by atoms with Gasteiger partial charge >= 0.3 is 0 Å². The molecule has 8 heteroatoms. The van der Waals surface area contributed by atoms with Crippen molar-refractivity contribution in [3.8, 4) is 5.75 Å². The molecule has 26 heavy (non-hydrogen) atoms. The van der Waals surface area contributed by atoms with Crippen LogP contribution in [-0.2, 0) is 9.59 Å². The molecular formula is C18H16ClN3O4. The molecule has 0 bridgehead atoms. The van der Waals surface area contributed by atoms with E-state index >= 15 is 0 Å². The zero-order valence-corrected chi connectivity index (χ0v) is 14.6. The number of halogens is 1. The van der Waals surface area contributed by atoms with E-state index in [0.717, 1.165) is 4.90 Å². The Labute approximate surface area is 154 Å². The summed E-state index contributed by atoms with van der Waals surface area (Å²) in [6.45, 7) is 0. The number of anilines is 1. The van der Waals surface area contributed by atoms with Gasteiger partial charge in [-0.05, 0) is 36.4 Å². The molecule has 2 aromatic rings. The maximum absolute atomic E-state index is 12.5. The van der Waals surface area contributed by atoms with E-state index in [1.165, 1.54) is 7.11 Å². The smallest absolute Gasteiger partial charge is 0.266 e. The maximum Gasteiger partial charge on any atom is 0.266 e. The summed E-state index contributed by atoms with van der Waals surface area (Å²) in [5, 5.41) is 0.292. The molecular weight excluding hydrogens is 358 g/mol. The van der Waals surface area contributed by atoms with E-state index in [9.17, 15) is 14.4 Å². The highest BCUT2D eigenvalue weighted by molar-refractivity contribution is 6.33. The van der Waals surface area contributed by atoms with Crippen molar-refractivity contribution >= 4 is 35.0 Å². The molecule has 2 N–H and O–H groups in total. The lowest BCUT2D eigenvalue weighted by Crippen LogP contribution is -2.48. The maximum atomic E-state index is 12.5. The number of hydrazine groups is 1. The average Bonchev–Trinajstić information content (AvgIpc) is 2.93. The van der Waals surface area contributed by atoms with Crippen molar-refractivity contribution in [3.63, 3.8) is 0 Å². The minimum atomic E-state index is -0.851. The molecule has 7 nitrogen and oxygen atoms in total. The molecule has 0 saturated carbocycles. The van der Waals surface area contributed by atoms with Gasteiger partial charge in [0.2, 0.25) is 5.91 Å². The van der Waals surface area contributed by atoms with Crippen molar-refractivity contribution in [2.75, 3.05) is 12.0 Å². The first kappa shape index (κ1) is 17.9. The fraction of sp³-hybridized carbons (Fsp3) is 0.167. The summed E-state index contributed by atoms with van der Waals surface area (Å²) in [7, 11) is 1.53. The Bertz CT molecular complexity index is 854. The lowest BCUT2D eigenvalue weighted by atomic mass is 10.2. The van der Waals surface area contributed by atoms with E-state index in [2.05, 4.69) is 10.9 Å². The minimum Gasteiger partial charge on any atom is -0.497 e. The number of carbonyl (C=O) groups is 3. The van der Waals surface area contributed by atoms with Crippen LogP contribution in [0.3, 0.4) is 0 Å². The number of hydrogen-bond acceptors (Lipinski definition) is 5. The summed E-state index contributed by atoms with van der Waals surface area (Å²) >= 11 is 5.97. The molecule has 0 aromatic heterocycles. The Hall–Kier alpha value is -2.90. The summed E-state index contributed by atoms with van der Waals surface area (Å²) in [5.74, 6) is -0.669. The van der Waals surface area contributed by atoms with Crippen molar-refractivity contribution < 1.29 is 19.1 Å². The Balaban J connectivity index is 1.67. The predicted molar refractivity (Wildman–Crippen MR) is 95.9 cm³/mol. The molecule has 1 heterocycles. The fourth-order valence-electron chi connectivity index (χ4n) is 2.61. The number of nitrogens with zero attached hydrogens (tertiary/aromatic N) is 1. The predicted octanol–water partition coefficient (Wildman–Crippen LogP) is 1.92. The summed E-state index contributed by atoms with van der Waals surface area (Å²) in [4.78, 5) is 38.0. The zero-order chi connectivity index (χ0) is 18.7. The SMILES string of the molecule is COc1ccc(N2C(=O)C[C@@H](NNC(=O)c3ccccc3Cl)C2=O)cc1. The van der Waals surface area contributed by atoms with Gasteiger partial charge in [-0.25, -0.2) is 10.3 Å². The van der Waals surface area contributed by atoms with Crippen LogP contribution >= 0.6 is 11.6 Å². The van der Waals surface area contributed by atoms with E-state index in [0.29, 0.717) is 16.5 Å². The number of benzene rings is 2. The molecule has 1 atom stereocenters. The van der Waals surface area contributed by atoms with Gasteiger partial charge in [0.05, 0.1) is 29.8 Å². The second kappa shape index (κ2) is 7.55. The van der Waals surface area contributed by atoms with E-state index in [4.69, 9.17) is 16.3 Å².